The quantitative estimate of drug-likeness (QED) is 0.386. The highest BCUT2D eigenvalue weighted by molar-refractivity contribution is 5.83. The highest BCUT2D eigenvalue weighted by Crippen LogP contribution is 2.25. The van der Waals surface area contributed by atoms with Gasteiger partial charge in [-0.3, -0.25) is 9.80 Å². The first-order chi connectivity index (χ1) is 16.9. The number of piperazine rings is 1. The van der Waals surface area contributed by atoms with Gasteiger partial charge in [0, 0.05) is 63.1 Å². The van der Waals surface area contributed by atoms with Crippen molar-refractivity contribution in [1.82, 2.24) is 34.7 Å². The third-order valence-electron chi connectivity index (χ3n) is 6.50. The summed E-state index contributed by atoms with van der Waals surface area (Å²) in [7, 11) is 1.85. The number of H-pyrrole nitrogens is 1. The van der Waals surface area contributed by atoms with Gasteiger partial charge in [0.15, 0.2) is 0 Å². The maximum absolute atomic E-state index is 4.69. The van der Waals surface area contributed by atoms with Crippen LogP contribution in [0.15, 0.2) is 48.9 Å². The highest BCUT2D eigenvalue weighted by Gasteiger charge is 2.25. The van der Waals surface area contributed by atoms with Gasteiger partial charge in [-0.2, -0.15) is 0 Å². The Morgan fingerprint density at radius 1 is 0.943 bits per heavy atom. The molecule has 1 aliphatic heterocycles. The predicted molar refractivity (Wildman–Crippen MR) is 141 cm³/mol. The molecule has 1 fully saturated rings. The van der Waals surface area contributed by atoms with Crippen LogP contribution in [0.2, 0.25) is 0 Å². The van der Waals surface area contributed by atoms with E-state index in [0.29, 0.717) is 5.95 Å². The molecule has 182 valence electrons. The Morgan fingerprint density at radius 3 is 2.54 bits per heavy atom. The molecule has 1 aliphatic rings. The molecule has 0 radical (unpaired) electrons. The molecule has 0 unspecified atom stereocenters. The number of hydrogen-bond acceptors (Lipinski definition) is 8. The van der Waals surface area contributed by atoms with Crippen molar-refractivity contribution in [3.8, 4) is 11.3 Å². The number of benzene rings is 1. The Hall–Kier alpha value is -3.56. The number of anilines is 3. The van der Waals surface area contributed by atoms with Crippen molar-refractivity contribution < 1.29 is 0 Å². The van der Waals surface area contributed by atoms with Crippen LogP contribution in [0.5, 0.6) is 0 Å². The lowest BCUT2D eigenvalue weighted by Gasteiger charge is -2.42. The first kappa shape index (κ1) is 23.2. The van der Waals surface area contributed by atoms with Gasteiger partial charge in [-0.15, -0.1) is 0 Å². The number of hydrogen-bond donors (Lipinski definition) is 3. The van der Waals surface area contributed by atoms with Crippen molar-refractivity contribution in [2.45, 2.75) is 32.9 Å². The molecule has 9 heteroatoms. The number of nitrogens with one attached hydrogen (secondary N) is 3. The van der Waals surface area contributed by atoms with E-state index in [4.69, 9.17) is 0 Å². The van der Waals surface area contributed by atoms with E-state index in [1.807, 2.05) is 31.4 Å². The summed E-state index contributed by atoms with van der Waals surface area (Å²) in [5, 5.41) is 6.39. The summed E-state index contributed by atoms with van der Waals surface area (Å²) in [5.74, 6) is 2.23. The van der Waals surface area contributed by atoms with E-state index < -0.39 is 0 Å². The van der Waals surface area contributed by atoms with Gasteiger partial charge in [-0.25, -0.2) is 19.9 Å². The lowest BCUT2D eigenvalue weighted by Crippen LogP contribution is -2.53. The number of aromatic nitrogens is 5. The fourth-order valence-electron chi connectivity index (χ4n) is 4.48. The zero-order valence-corrected chi connectivity index (χ0v) is 20.8. The van der Waals surface area contributed by atoms with Crippen molar-refractivity contribution in [3.63, 3.8) is 0 Å². The largest absolute Gasteiger partial charge is 0.373 e. The molecular weight excluding hydrogens is 438 g/mol. The van der Waals surface area contributed by atoms with Gasteiger partial charge in [0.1, 0.15) is 18.0 Å². The molecule has 0 saturated carbocycles. The van der Waals surface area contributed by atoms with E-state index in [1.165, 1.54) is 5.56 Å². The van der Waals surface area contributed by atoms with Gasteiger partial charge in [0.25, 0.3) is 0 Å². The van der Waals surface area contributed by atoms with Crippen LogP contribution in [0.3, 0.4) is 0 Å². The normalized spacial score (nSPS) is 15.4. The minimum Gasteiger partial charge on any atom is -0.373 e. The van der Waals surface area contributed by atoms with E-state index in [1.54, 1.807) is 6.33 Å². The summed E-state index contributed by atoms with van der Waals surface area (Å²) in [5.41, 5.74) is 5.15. The predicted octanol–water partition coefficient (Wildman–Crippen LogP) is 4.12. The van der Waals surface area contributed by atoms with E-state index >= 15 is 0 Å². The molecule has 1 aromatic carbocycles. The van der Waals surface area contributed by atoms with Crippen LogP contribution in [0.4, 0.5) is 17.6 Å². The molecule has 0 amide bonds. The summed E-state index contributed by atoms with van der Waals surface area (Å²) in [4.78, 5) is 26.2. The van der Waals surface area contributed by atoms with Crippen LogP contribution in [-0.2, 0) is 6.54 Å². The fourth-order valence-corrected chi connectivity index (χ4v) is 4.48. The van der Waals surface area contributed by atoms with Crippen LogP contribution in [0, 0.1) is 0 Å². The molecule has 0 atom stereocenters. The van der Waals surface area contributed by atoms with Gasteiger partial charge in [-0.05, 0) is 50.6 Å². The zero-order chi connectivity index (χ0) is 24.4. The van der Waals surface area contributed by atoms with Crippen LogP contribution >= 0.6 is 0 Å². The molecule has 0 bridgehead atoms. The fraction of sp³-hybridized carbons (Fsp3) is 0.385. The molecule has 35 heavy (non-hydrogen) atoms. The van der Waals surface area contributed by atoms with Crippen LogP contribution in [0.1, 0.15) is 26.3 Å². The van der Waals surface area contributed by atoms with Gasteiger partial charge < -0.3 is 15.6 Å². The Bertz CT molecular complexity index is 1300. The van der Waals surface area contributed by atoms with Crippen LogP contribution in [-0.4, -0.2) is 73.5 Å². The lowest BCUT2D eigenvalue weighted by atomic mass is 10.0. The molecule has 5 rings (SSSR count). The molecule has 1 saturated heterocycles. The third kappa shape index (κ3) is 5.41. The number of fused-ring (bicyclic) bond motifs is 1. The van der Waals surface area contributed by atoms with Crippen molar-refractivity contribution in [2.24, 2.45) is 0 Å². The molecule has 4 heterocycles. The number of rotatable bonds is 6. The van der Waals surface area contributed by atoms with E-state index in [0.717, 1.165) is 66.7 Å². The lowest BCUT2D eigenvalue weighted by molar-refractivity contribution is 0.0591. The summed E-state index contributed by atoms with van der Waals surface area (Å²) in [6.45, 7) is 12.2. The first-order valence-electron chi connectivity index (χ1n) is 12.1. The summed E-state index contributed by atoms with van der Waals surface area (Å²) < 4.78 is 0. The number of aromatic amines is 1. The summed E-state index contributed by atoms with van der Waals surface area (Å²) in [6.07, 6.45) is 3.42. The average Bonchev–Trinajstić information content (AvgIpc) is 3.25. The minimum absolute atomic E-state index is 0.234. The van der Waals surface area contributed by atoms with Crippen molar-refractivity contribution in [2.75, 3.05) is 43.9 Å². The minimum atomic E-state index is 0.234. The average molecular weight is 472 g/mol. The molecule has 9 nitrogen and oxygen atoms in total. The Morgan fingerprint density at radius 2 is 1.77 bits per heavy atom. The molecule has 3 aromatic heterocycles. The Kier molecular flexibility index (Phi) is 6.36. The standard InChI is InChI=1S/C26H33N9/c1-26(2,3)35-11-9-34(10-12-35)16-18-7-8-28-24(13-18)33-25-31-20-6-5-19(14-22(20)32-25)21-15-23(27-4)30-17-29-21/h5-8,13-15,17H,9-12,16H2,1-4H3,(H,27,29,30)(H2,28,31,32,33). The molecule has 3 N–H and O–H groups in total. The monoisotopic (exact) mass is 471 g/mol. The van der Waals surface area contributed by atoms with Crippen molar-refractivity contribution >= 4 is 28.6 Å². The molecule has 0 spiro atoms. The van der Waals surface area contributed by atoms with Crippen molar-refractivity contribution in [3.05, 3.63) is 54.5 Å². The number of imidazole rings is 1. The zero-order valence-electron chi connectivity index (χ0n) is 20.8. The van der Waals surface area contributed by atoms with Gasteiger partial charge >= 0.3 is 0 Å². The van der Waals surface area contributed by atoms with E-state index in [9.17, 15) is 0 Å². The highest BCUT2D eigenvalue weighted by atomic mass is 15.3. The van der Waals surface area contributed by atoms with Crippen LogP contribution < -0.4 is 10.6 Å². The second-order valence-electron chi connectivity index (χ2n) is 9.96. The second kappa shape index (κ2) is 9.59. The first-order valence-corrected chi connectivity index (χ1v) is 12.1. The van der Waals surface area contributed by atoms with Crippen molar-refractivity contribution in [1.29, 1.82) is 0 Å². The third-order valence-corrected chi connectivity index (χ3v) is 6.50. The SMILES string of the molecule is CNc1cc(-c2ccc3nc(Nc4cc(CN5CCN(C(C)(C)C)CC5)ccn4)[nH]c3c2)ncn1. The maximum Gasteiger partial charge on any atom is 0.206 e. The van der Waals surface area contributed by atoms with Gasteiger partial charge in [0.05, 0.1) is 16.7 Å². The van der Waals surface area contributed by atoms with Gasteiger partial charge in [-0.1, -0.05) is 6.07 Å². The Balaban J connectivity index is 1.27. The second-order valence-corrected chi connectivity index (χ2v) is 9.96. The smallest absolute Gasteiger partial charge is 0.206 e. The van der Waals surface area contributed by atoms with E-state index in [-0.39, 0.29) is 5.54 Å². The molecule has 4 aromatic rings. The Labute approximate surface area is 206 Å². The molecule has 0 aliphatic carbocycles. The number of pyridine rings is 1. The van der Waals surface area contributed by atoms with Gasteiger partial charge in [0.2, 0.25) is 5.95 Å². The molecular formula is C26H33N9. The summed E-state index contributed by atoms with van der Waals surface area (Å²) >= 11 is 0. The van der Waals surface area contributed by atoms with Crippen LogP contribution in [0.25, 0.3) is 22.3 Å². The number of nitrogens with zero attached hydrogens (tertiary/aromatic N) is 6. The maximum atomic E-state index is 4.69. The summed E-state index contributed by atoms with van der Waals surface area (Å²) in [6, 6.07) is 12.2. The topological polar surface area (TPSA) is 97.9 Å². The van der Waals surface area contributed by atoms with E-state index in [2.05, 4.69) is 84.3 Å².